The third-order valence-electron chi connectivity index (χ3n) is 6.05. The molecule has 3 heteroatoms. The number of aromatic nitrogens is 1. The van der Waals surface area contributed by atoms with Crippen LogP contribution in [-0.2, 0) is 6.42 Å². The molecule has 1 aliphatic carbocycles. The van der Waals surface area contributed by atoms with E-state index < -0.39 is 0 Å². The van der Waals surface area contributed by atoms with Crippen molar-refractivity contribution in [3.05, 3.63) is 59.4 Å². The summed E-state index contributed by atoms with van der Waals surface area (Å²) in [4.78, 5) is 6.93. The Kier molecular flexibility index (Phi) is 4.28. The first-order chi connectivity index (χ1) is 12.0. The molecule has 0 amide bonds. The van der Waals surface area contributed by atoms with Crippen molar-refractivity contribution in [2.45, 2.75) is 63.5 Å². The molecule has 2 heterocycles. The zero-order chi connectivity index (χ0) is 17.4. The van der Waals surface area contributed by atoms with Crippen LogP contribution in [-0.4, -0.2) is 23.1 Å². The Bertz CT molecular complexity index is 738. The van der Waals surface area contributed by atoms with Crippen molar-refractivity contribution in [3.63, 3.8) is 0 Å². The summed E-state index contributed by atoms with van der Waals surface area (Å²) in [6, 6.07) is 11.8. The molecule has 0 saturated heterocycles. The molecule has 2 aromatic rings. The van der Waals surface area contributed by atoms with Crippen molar-refractivity contribution < 1.29 is 0 Å². The molecule has 2 aliphatic rings. The Morgan fingerprint density at radius 1 is 1.32 bits per heavy atom. The van der Waals surface area contributed by atoms with Crippen molar-refractivity contribution in [2.24, 2.45) is 5.73 Å². The van der Waals surface area contributed by atoms with E-state index in [1.807, 2.05) is 18.5 Å². The van der Waals surface area contributed by atoms with Crippen LogP contribution in [0.3, 0.4) is 0 Å². The highest BCUT2D eigenvalue weighted by atomic mass is 15.2. The lowest BCUT2D eigenvalue weighted by Crippen LogP contribution is -2.39. The van der Waals surface area contributed by atoms with Crippen molar-refractivity contribution in [1.82, 2.24) is 4.98 Å². The SMILES string of the molecule is Cc1ccc2c(c1)[C@@H]1CC(C)(N)CCCC1N2CCc1cccnc1. The van der Waals surface area contributed by atoms with Crippen LogP contribution in [0.2, 0.25) is 0 Å². The number of pyridine rings is 1. The second-order valence-corrected chi connectivity index (χ2v) is 8.29. The molecular weight excluding hydrogens is 306 g/mol. The lowest BCUT2D eigenvalue weighted by atomic mass is 9.83. The lowest BCUT2D eigenvalue weighted by molar-refractivity contribution is 0.383. The highest BCUT2D eigenvalue weighted by Gasteiger charge is 2.42. The molecule has 1 saturated carbocycles. The highest BCUT2D eigenvalue weighted by molar-refractivity contribution is 5.63. The van der Waals surface area contributed by atoms with Gasteiger partial charge in [0.1, 0.15) is 0 Å². The average Bonchev–Trinajstić information content (AvgIpc) is 2.75. The number of benzene rings is 1. The zero-order valence-electron chi connectivity index (χ0n) is 15.4. The number of nitrogens with zero attached hydrogens (tertiary/aromatic N) is 2. The molecule has 1 aliphatic heterocycles. The predicted octanol–water partition coefficient (Wildman–Crippen LogP) is 4.20. The van der Waals surface area contributed by atoms with Gasteiger partial charge in [-0.2, -0.15) is 0 Å². The molecule has 1 aromatic heterocycles. The molecule has 0 radical (unpaired) electrons. The fourth-order valence-electron chi connectivity index (χ4n) is 4.84. The van der Waals surface area contributed by atoms with Crippen LogP contribution in [0.25, 0.3) is 0 Å². The van der Waals surface area contributed by atoms with E-state index in [2.05, 4.69) is 48.0 Å². The fraction of sp³-hybridized carbons (Fsp3) is 0.500. The van der Waals surface area contributed by atoms with Crippen LogP contribution in [0.5, 0.6) is 0 Å². The van der Waals surface area contributed by atoms with Crippen molar-refractivity contribution in [2.75, 3.05) is 11.4 Å². The van der Waals surface area contributed by atoms with Crippen LogP contribution < -0.4 is 10.6 Å². The molecule has 1 fully saturated rings. The van der Waals surface area contributed by atoms with Gasteiger partial charge in [0.15, 0.2) is 0 Å². The normalized spacial score (nSPS) is 28.4. The molecule has 2 unspecified atom stereocenters. The van der Waals surface area contributed by atoms with E-state index in [4.69, 9.17) is 5.73 Å². The molecular formula is C22H29N3. The zero-order valence-corrected chi connectivity index (χ0v) is 15.4. The molecule has 1 aromatic carbocycles. The Balaban J connectivity index is 1.64. The van der Waals surface area contributed by atoms with Gasteiger partial charge in [0.05, 0.1) is 0 Å². The van der Waals surface area contributed by atoms with Gasteiger partial charge < -0.3 is 10.6 Å². The van der Waals surface area contributed by atoms with E-state index in [1.54, 1.807) is 0 Å². The molecule has 25 heavy (non-hydrogen) atoms. The van der Waals surface area contributed by atoms with Gasteiger partial charge in [-0.05, 0) is 69.2 Å². The van der Waals surface area contributed by atoms with Crippen LogP contribution in [0.15, 0.2) is 42.7 Å². The fourth-order valence-corrected chi connectivity index (χ4v) is 4.84. The summed E-state index contributed by atoms with van der Waals surface area (Å²) in [5.41, 5.74) is 12.2. The molecule has 0 bridgehead atoms. The van der Waals surface area contributed by atoms with E-state index >= 15 is 0 Å². The highest BCUT2D eigenvalue weighted by Crippen LogP contribution is 2.48. The van der Waals surface area contributed by atoms with Crippen molar-refractivity contribution in [3.8, 4) is 0 Å². The largest absolute Gasteiger partial charge is 0.367 e. The Morgan fingerprint density at radius 3 is 3.00 bits per heavy atom. The summed E-state index contributed by atoms with van der Waals surface area (Å²) in [5.74, 6) is 0.571. The second kappa shape index (κ2) is 6.45. The van der Waals surface area contributed by atoms with Gasteiger partial charge in [-0.3, -0.25) is 4.98 Å². The van der Waals surface area contributed by atoms with Crippen molar-refractivity contribution >= 4 is 5.69 Å². The van der Waals surface area contributed by atoms with Gasteiger partial charge in [0, 0.05) is 42.1 Å². The van der Waals surface area contributed by atoms with Gasteiger partial charge in [0.25, 0.3) is 0 Å². The van der Waals surface area contributed by atoms with Gasteiger partial charge in [-0.1, -0.05) is 23.8 Å². The maximum absolute atomic E-state index is 6.61. The molecule has 2 N–H and O–H groups in total. The second-order valence-electron chi connectivity index (χ2n) is 8.29. The predicted molar refractivity (Wildman–Crippen MR) is 104 cm³/mol. The third kappa shape index (κ3) is 3.30. The first-order valence-corrected chi connectivity index (χ1v) is 9.58. The lowest BCUT2D eigenvalue weighted by Gasteiger charge is -2.30. The van der Waals surface area contributed by atoms with E-state index in [0.29, 0.717) is 12.0 Å². The van der Waals surface area contributed by atoms with E-state index in [1.165, 1.54) is 35.2 Å². The minimum absolute atomic E-state index is 0.0419. The number of nitrogens with two attached hydrogens (primary N) is 1. The van der Waals surface area contributed by atoms with Crippen LogP contribution in [0.1, 0.15) is 55.2 Å². The number of hydrogen-bond donors (Lipinski definition) is 1. The molecule has 132 valence electrons. The van der Waals surface area contributed by atoms with Gasteiger partial charge in [-0.25, -0.2) is 0 Å². The monoisotopic (exact) mass is 335 g/mol. The number of rotatable bonds is 3. The summed E-state index contributed by atoms with van der Waals surface area (Å²) >= 11 is 0. The Hall–Kier alpha value is -1.87. The van der Waals surface area contributed by atoms with Crippen LogP contribution >= 0.6 is 0 Å². The van der Waals surface area contributed by atoms with Gasteiger partial charge in [0.2, 0.25) is 0 Å². The van der Waals surface area contributed by atoms with Gasteiger partial charge in [-0.15, -0.1) is 0 Å². The summed E-state index contributed by atoms with van der Waals surface area (Å²) < 4.78 is 0. The number of hydrogen-bond acceptors (Lipinski definition) is 3. The molecule has 4 rings (SSSR count). The van der Waals surface area contributed by atoms with Crippen molar-refractivity contribution in [1.29, 1.82) is 0 Å². The smallest absolute Gasteiger partial charge is 0.0405 e. The third-order valence-corrected chi connectivity index (χ3v) is 6.05. The van der Waals surface area contributed by atoms with E-state index in [-0.39, 0.29) is 5.54 Å². The summed E-state index contributed by atoms with van der Waals surface area (Å²) in [6.07, 6.45) is 9.59. The average molecular weight is 335 g/mol. The minimum atomic E-state index is -0.0419. The topological polar surface area (TPSA) is 42.1 Å². The quantitative estimate of drug-likeness (QED) is 0.914. The summed E-state index contributed by atoms with van der Waals surface area (Å²) in [7, 11) is 0. The van der Waals surface area contributed by atoms with E-state index in [0.717, 1.165) is 25.8 Å². The minimum Gasteiger partial charge on any atom is -0.367 e. The van der Waals surface area contributed by atoms with Crippen LogP contribution in [0, 0.1) is 6.92 Å². The first kappa shape index (κ1) is 16.6. The number of fused-ring (bicyclic) bond motifs is 3. The molecule has 3 nitrogen and oxygen atoms in total. The maximum Gasteiger partial charge on any atom is 0.0405 e. The number of anilines is 1. The summed E-state index contributed by atoms with van der Waals surface area (Å²) in [5, 5.41) is 0. The number of aryl methyl sites for hydroxylation is 1. The van der Waals surface area contributed by atoms with Crippen LogP contribution in [0.4, 0.5) is 5.69 Å². The maximum atomic E-state index is 6.61. The standard InChI is InChI=1S/C22H29N3/c1-16-7-8-21-18(13-16)19-14-22(2,23)10-3-6-20(19)25(21)12-9-17-5-4-11-24-15-17/h4-5,7-8,11,13,15,19-20H,3,6,9-10,12,14,23H2,1-2H3/t19-,20?,22?/m0/s1. The Morgan fingerprint density at radius 2 is 2.20 bits per heavy atom. The van der Waals surface area contributed by atoms with Gasteiger partial charge >= 0.3 is 0 Å². The summed E-state index contributed by atoms with van der Waals surface area (Å²) in [6.45, 7) is 5.50. The van der Waals surface area contributed by atoms with E-state index in [9.17, 15) is 0 Å². The molecule has 0 spiro atoms. The molecule has 3 atom stereocenters. The Labute approximate surface area is 151 Å². The first-order valence-electron chi connectivity index (χ1n) is 9.58.